The Morgan fingerprint density at radius 3 is 2.07 bits per heavy atom. The highest BCUT2D eigenvalue weighted by Crippen LogP contribution is 2.36. The van der Waals surface area contributed by atoms with Gasteiger partial charge in [-0.05, 0) is 59.2 Å². The second kappa shape index (κ2) is 7.88. The molecule has 0 bridgehead atoms. The summed E-state index contributed by atoms with van der Waals surface area (Å²) < 4.78 is 52.4. The maximum Gasteiger partial charge on any atom is 0.573 e. The summed E-state index contributed by atoms with van der Waals surface area (Å²) in [4.78, 5) is 26.0. The van der Waals surface area contributed by atoms with Crippen LogP contribution in [-0.2, 0) is 15.0 Å². The van der Waals surface area contributed by atoms with Crippen LogP contribution in [-0.4, -0.2) is 47.7 Å². The number of benzene rings is 1. The molecular weight excluding hydrogens is 405 g/mol. The van der Waals surface area contributed by atoms with Crippen molar-refractivity contribution in [3.05, 3.63) is 29.8 Å². The summed E-state index contributed by atoms with van der Waals surface area (Å²) in [5.74, 6) is -0.430. The van der Waals surface area contributed by atoms with E-state index in [4.69, 9.17) is 9.47 Å². The van der Waals surface area contributed by atoms with Gasteiger partial charge in [0.25, 0.3) is 0 Å². The lowest BCUT2D eigenvalue weighted by atomic mass is 9.82. The summed E-state index contributed by atoms with van der Waals surface area (Å²) in [6.07, 6.45) is -6.20. The summed E-state index contributed by atoms with van der Waals surface area (Å²) in [5.41, 5.74) is -2.30. The fourth-order valence-electron chi connectivity index (χ4n) is 2.88. The Bertz CT molecular complexity index is 791. The number of likely N-dealkylation sites (tertiary alicyclic amines) is 1. The third-order valence-corrected chi connectivity index (χ3v) is 3.93. The summed E-state index contributed by atoms with van der Waals surface area (Å²) in [5, 5.41) is 2.69. The monoisotopic (exact) mass is 432 g/mol. The van der Waals surface area contributed by atoms with Gasteiger partial charge >= 0.3 is 18.5 Å². The quantitative estimate of drug-likeness (QED) is 0.758. The van der Waals surface area contributed by atoms with E-state index >= 15 is 0 Å². The zero-order valence-corrected chi connectivity index (χ0v) is 17.8. The molecule has 1 aromatic rings. The number of alkyl halides is 3. The predicted octanol–water partition coefficient (Wildman–Crippen LogP) is 4.56. The van der Waals surface area contributed by atoms with Crippen molar-refractivity contribution in [2.24, 2.45) is 0 Å². The molecule has 1 aromatic carbocycles. The molecule has 1 aliphatic rings. The zero-order valence-electron chi connectivity index (χ0n) is 17.8. The number of hydrogen-bond acceptors (Lipinski definition) is 5. The third kappa shape index (κ3) is 6.70. The molecule has 1 saturated heterocycles. The molecule has 168 valence electrons. The van der Waals surface area contributed by atoms with Gasteiger partial charge in [0.05, 0.1) is 13.1 Å². The Labute approximate surface area is 173 Å². The number of amides is 2. The molecular formula is C20H27F3N2O5. The molecule has 2 rings (SSSR count). The van der Waals surface area contributed by atoms with Gasteiger partial charge in [-0.2, -0.15) is 0 Å². The minimum atomic E-state index is -4.85. The summed E-state index contributed by atoms with van der Waals surface area (Å²) >= 11 is 0. The molecule has 1 aliphatic heterocycles. The Morgan fingerprint density at radius 2 is 1.57 bits per heavy atom. The van der Waals surface area contributed by atoms with Gasteiger partial charge in [-0.1, -0.05) is 12.1 Å². The zero-order chi connectivity index (χ0) is 23.0. The number of carbonyl (C=O) groups excluding carboxylic acids is 2. The molecule has 10 heteroatoms. The molecule has 1 heterocycles. The van der Waals surface area contributed by atoms with Crippen molar-refractivity contribution in [1.82, 2.24) is 10.2 Å². The van der Waals surface area contributed by atoms with Gasteiger partial charge in [0.1, 0.15) is 22.5 Å². The number of rotatable bonds is 3. The number of hydrogen-bond donors (Lipinski definition) is 1. The van der Waals surface area contributed by atoms with Crippen LogP contribution in [0.4, 0.5) is 22.8 Å². The summed E-state index contributed by atoms with van der Waals surface area (Å²) in [7, 11) is 0. The van der Waals surface area contributed by atoms with Crippen molar-refractivity contribution < 1.29 is 37.0 Å². The summed E-state index contributed by atoms with van der Waals surface area (Å²) in [6.45, 7) is 10.2. The Kier molecular flexibility index (Phi) is 6.21. The van der Waals surface area contributed by atoms with E-state index in [-0.39, 0.29) is 13.1 Å². The molecule has 0 atom stereocenters. The number of carbonyl (C=O) groups is 2. The van der Waals surface area contributed by atoms with Crippen LogP contribution < -0.4 is 10.1 Å². The number of halogens is 3. The van der Waals surface area contributed by atoms with Crippen molar-refractivity contribution >= 4 is 12.2 Å². The number of ether oxygens (including phenoxy) is 3. The Hall–Kier alpha value is -2.65. The van der Waals surface area contributed by atoms with Crippen molar-refractivity contribution in [3.8, 4) is 5.75 Å². The lowest BCUT2D eigenvalue weighted by Crippen LogP contribution is -2.69. The van der Waals surface area contributed by atoms with E-state index in [1.54, 1.807) is 47.6 Å². The standard InChI is InChI=1S/C20H27F3N2O5/c1-17(2,3)29-15(26)24-19(11-25(12-19)16(27)30-18(4,5)6)13-8-7-9-14(10-13)28-20(21,22)23/h7-10H,11-12H2,1-6H3,(H,24,26). The first-order valence-corrected chi connectivity index (χ1v) is 9.33. The highest BCUT2D eigenvalue weighted by atomic mass is 19.4. The minimum absolute atomic E-state index is 0.00335. The van der Waals surface area contributed by atoms with E-state index in [9.17, 15) is 22.8 Å². The molecule has 0 saturated carbocycles. The van der Waals surface area contributed by atoms with Crippen LogP contribution >= 0.6 is 0 Å². The predicted molar refractivity (Wildman–Crippen MR) is 102 cm³/mol. The lowest BCUT2D eigenvalue weighted by molar-refractivity contribution is -0.274. The van der Waals surface area contributed by atoms with Gasteiger partial charge in [-0.3, -0.25) is 0 Å². The molecule has 7 nitrogen and oxygen atoms in total. The second-order valence-electron chi connectivity index (χ2n) is 9.12. The average molecular weight is 432 g/mol. The topological polar surface area (TPSA) is 77.1 Å². The first-order chi connectivity index (χ1) is 13.5. The van der Waals surface area contributed by atoms with Gasteiger partial charge in [-0.25, -0.2) is 9.59 Å². The van der Waals surface area contributed by atoms with Gasteiger partial charge < -0.3 is 24.4 Å². The Morgan fingerprint density at radius 1 is 1.00 bits per heavy atom. The van der Waals surface area contributed by atoms with Gasteiger partial charge in [-0.15, -0.1) is 13.2 Å². The summed E-state index contributed by atoms with van der Waals surface area (Å²) in [6, 6.07) is 5.26. The molecule has 1 fully saturated rings. The van der Waals surface area contributed by atoms with Gasteiger partial charge in [0.2, 0.25) is 0 Å². The van der Waals surface area contributed by atoms with Crippen molar-refractivity contribution in [2.45, 2.75) is 64.6 Å². The van der Waals surface area contributed by atoms with E-state index in [2.05, 4.69) is 10.1 Å². The van der Waals surface area contributed by atoms with Crippen molar-refractivity contribution in [2.75, 3.05) is 13.1 Å². The molecule has 0 aliphatic carbocycles. The Balaban J connectivity index is 2.27. The number of alkyl carbamates (subject to hydrolysis) is 1. The van der Waals surface area contributed by atoms with E-state index in [1.807, 2.05) is 0 Å². The molecule has 1 N–H and O–H groups in total. The van der Waals surface area contributed by atoms with Gasteiger partial charge in [0.15, 0.2) is 0 Å². The highest BCUT2D eigenvalue weighted by Gasteiger charge is 2.50. The maximum atomic E-state index is 12.6. The first kappa shape index (κ1) is 23.6. The van der Waals surface area contributed by atoms with Gasteiger partial charge in [0, 0.05) is 0 Å². The van der Waals surface area contributed by atoms with E-state index in [0.29, 0.717) is 5.56 Å². The maximum absolute atomic E-state index is 12.6. The van der Waals surface area contributed by atoms with Crippen LogP contribution in [0.1, 0.15) is 47.1 Å². The molecule has 0 unspecified atom stereocenters. The second-order valence-corrected chi connectivity index (χ2v) is 9.12. The van der Waals surface area contributed by atoms with E-state index < -0.39 is 41.0 Å². The lowest BCUT2D eigenvalue weighted by Gasteiger charge is -2.50. The van der Waals surface area contributed by atoms with E-state index in [0.717, 1.165) is 6.07 Å². The highest BCUT2D eigenvalue weighted by molar-refractivity contribution is 5.73. The number of nitrogens with zero attached hydrogens (tertiary/aromatic N) is 1. The van der Waals surface area contributed by atoms with Crippen LogP contribution in [0.15, 0.2) is 24.3 Å². The molecule has 0 aromatic heterocycles. The molecule has 2 amide bonds. The third-order valence-electron chi connectivity index (χ3n) is 3.93. The van der Waals surface area contributed by atoms with E-state index in [1.165, 1.54) is 17.0 Å². The average Bonchev–Trinajstić information content (AvgIpc) is 2.45. The molecule has 30 heavy (non-hydrogen) atoms. The minimum Gasteiger partial charge on any atom is -0.444 e. The van der Waals surface area contributed by atoms with Crippen molar-refractivity contribution in [1.29, 1.82) is 0 Å². The SMILES string of the molecule is CC(C)(C)OC(=O)NC1(c2cccc(OC(F)(F)F)c2)CN(C(=O)OC(C)(C)C)C1. The normalized spacial score (nSPS) is 16.4. The molecule has 0 radical (unpaired) electrons. The fraction of sp³-hybridized carbons (Fsp3) is 0.600. The van der Waals surface area contributed by atoms with Crippen LogP contribution in [0.3, 0.4) is 0 Å². The van der Waals surface area contributed by atoms with Crippen LogP contribution in [0, 0.1) is 0 Å². The van der Waals surface area contributed by atoms with Crippen LogP contribution in [0.2, 0.25) is 0 Å². The number of nitrogens with one attached hydrogen (secondary N) is 1. The van der Waals surface area contributed by atoms with Crippen LogP contribution in [0.5, 0.6) is 5.75 Å². The fourth-order valence-corrected chi connectivity index (χ4v) is 2.88. The molecule has 0 spiro atoms. The smallest absolute Gasteiger partial charge is 0.444 e. The van der Waals surface area contributed by atoms with Crippen LogP contribution in [0.25, 0.3) is 0 Å². The first-order valence-electron chi connectivity index (χ1n) is 9.33. The van der Waals surface area contributed by atoms with Crippen molar-refractivity contribution in [3.63, 3.8) is 0 Å². The largest absolute Gasteiger partial charge is 0.573 e.